The number of nitrogens with zero attached hydrogens (tertiary/aromatic N) is 2. The molecule has 70 valence electrons. The predicted molar refractivity (Wildman–Crippen MR) is 53.6 cm³/mol. The Bertz CT molecular complexity index is 517. The van der Waals surface area contributed by atoms with Gasteiger partial charge in [-0.2, -0.15) is 0 Å². The molecule has 1 aliphatic carbocycles. The average molecular weight is 187 g/mol. The monoisotopic (exact) mass is 187 g/mol. The summed E-state index contributed by atoms with van der Waals surface area (Å²) in [5.74, 6) is 1.06. The van der Waals surface area contributed by atoms with E-state index in [0.717, 1.165) is 30.2 Å². The van der Waals surface area contributed by atoms with E-state index >= 15 is 0 Å². The van der Waals surface area contributed by atoms with Gasteiger partial charge in [0.15, 0.2) is 5.43 Å². The Morgan fingerprint density at radius 3 is 3.29 bits per heavy atom. The molecule has 3 aliphatic rings. The lowest BCUT2D eigenvalue weighted by molar-refractivity contribution is 0.781. The summed E-state index contributed by atoms with van der Waals surface area (Å²) in [5.41, 5.74) is 1.79. The molecule has 0 unspecified atom stereocenters. The second-order valence-electron chi connectivity index (χ2n) is 3.39. The van der Waals surface area contributed by atoms with Crippen molar-refractivity contribution in [1.29, 1.82) is 0 Å². The highest BCUT2D eigenvalue weighted by molar-refractivity contribution is 5.74. The molecule has 0 saturated heterocycles. The van der Waals surface area contributed by atoms with Crippen molar-refractivity contribution in [3.63, 3.8) is 0 Å². The Labute approximate surface area is 80.6 Å². The van der Waals surface area contributed by atoms with Crippen LogP contribution in [0.25, 0.3) is 11.3 Å². The summed E-state index contributed by atoms with van der Waals surface area (Å²) in [6.45, 7) is 1.87. The zero-order valence-corrected chi connectivity index (χ0v) is 7.53. The molecule has 14 heavy (non-hydrogen) atoms. The maximum atomic E-state index is 11.1. The van der Waals surface area contributed by atoms with Gasteiger partial charge in [0.25, 0.3) is 0 Å². The minimum atomic E-state index is 0.00736. The molecule has 0 radical (unpaired) electrons. The van der Waals surface area contributed by atoms with Crippen LogP contribution in [-0.2, 0) is 6.54 Å². The van der Waals surface area contributed by atoms with Crippen molar-refractivity contribution in [2.24, 2.45) is 0 Å². The van der Waals surface area contributed by atoms with Gasteiger partial charge in [-0.25, -0.2) is 4.98 Å². The molecule has 4 nitrogen and oxygen atoms in total. The summed E-state index contributed by atoms with van der Waals surface area (Å²) in [4.78, 5) is 15.4. The Morgan fingerprint density at radius 1 is 1.43 bits per heavy atom. The Morgan fingerprint density at radius 2 is 2.36 bits per heavy atom. The lowest BCUT2D eigenvalue weighted by Crippen LogP contribution is -2.04. The predicted octanol–water partition coefficient (Wildman–Crippen LogP) is 0.774. The van der Waals surface area contributed by atoms with Crippen LogP contribution >= 0.6 is 0 Å². The van der Waals surface area contributed by atoms with Crippen LogP contribution in [0.2, 0.25) is 0 Å². The summed E-state index contributed by atoms with van der Waals surface area (Å²) in [5, 5.41) is 3.28. The molecule has 1 N–H and O–H groups in total. The van der Waals surface area contributed by atoms with Crippen molar-refractivity contribution >= 4 is 5.82 Å². The average Bonchev–Trinajstić information content (AvgIpc) is 2.65. The molecule has 2 aliphatic heterocycles. The van der Waals surface area contributed by atoms with Crippen LogP contribution in [0.15, 0.2) is 29.3 Å². The van der Waals surface area contributed by atoms with E-state index in [9.17, 15) is 4.79 Å². The molecule has 0 aromatic heterocycles. The zero-order chi connectivity index (χ0) is 9.54. The molecule has 0 saturated carbocycles. The van der Waals surface area contributed by atoms with E-state index in [1.807, 2.05) is 6.07 Å². The first-order valence-electron chi connectivity index (χ1n) is 4.58. The first-order valence-corrected chi connectivity index (χ1v) is 4.58. The highest BCUT2D eigenvalue weighted by atomic mass is 16.1. The lowest BCUT2D eigenvalue weighted by atomic mass is 10.1. The summed E-state index contributed by atoms with van der Waals surface area (Å²) in [6.07, 6.45) is 1.77. The highest BCUT2D eigenvalue weighted by Crippen LogP contribution is 2.28. The third kappa shape index (κ3) is 0.937. The van der Waals surface area contributed by atoms with E-state index in [-0.39, 0.29) is 5.43 Å². The van der Waals surface area contributed by atoms with Crippen LogP contribution in [0.5, 0.6) is 0 Å². The molecule has 4 heteroatoms. The second kappa shape index (κ2) is 2.57. The van der Waals surface area contributed by atoms with Crippen molar-refractivity contribution in [3.8, 4) is 11.3 Å². The minimum absolute atomic E-state index is 0.00736. The lowest BCUT2D eigenvalue weighted by Gasteiger charge is -2.10. The van der Waals surface area contributed by atoms with Crippen molar-refractivity contribution in [3.05, 3.63) is 34.7 Å². The van der Waals surface area contributed by atoms with E-state index in [0.29, 0.717) is 0 Å². The molecule has 0 fully saturated rings. The SMILES string of the molecule is O=c1ccc2c3n(cnc-2c1)CCN3. The molecular weight excluding hydrogens is 178 g/mol. The number of anilines is 1. The van der Waals surface area contributed by atoms with E-state index in [4.69, 9.17) is 0 Å². The van der Waals surface area contributed by atoms with Gasteiger partial charge in [0.05, 0.1) is 12.0 Å². The molecule has 2 heterocycles. The van der Waals surface area contributed by atoms with Crippen molar-refractivity contribution in [2.75, 3.05) is 11.9 Å². The van der Waals surface area contributed by atoms with Gasteiger partial charge in [-0.3, -0.25) is 4.79 Å². The number of benzene rings is 1. The van der Waals surface area contributed by atoms with Crippen LogP contribution in [0.4, 0.5) is 5.82 Å². The van der Waals surface area contributed by atoms with Gasteiger partial charge in [0.2, 0.25) is 0 Å². The maximum absolute atomic E-state index is 11.1. The smallest absolute Gasteiger partial charge is 0.180 e. The van der Waals surface area contributed by atoms with Crippen LogP contribution in [-0.4, -0.2) is 16.1 Å². The molecule has 0 atom stereocenters. The fraction of sp³-hybridized carbons (Fsp3) is 0.200. The van der Waals surface area contributed by atoms with E-state index in [1.54, 1.807) is 18.5 Å². The van der Waals surface area contributed by atoms with Crippen molar-refractivity contribution in [2.45, 2.75) is 6.54 Å². The van der Waals surface area contributed by atoms with Gasteiger partial charge < -0.3 is 9.88 Å². The first-order chi connectivity index (χ1) is 6.84. The summed E-state index contributed by atoms with van der Waals surface area (Å²) < 4.78 is 2.06. The fourth-order valence-corrected chi connectivity index (χ4v) is 1.82. The molecule has 0 aromatic carbocycles. The third-order valence-electron chi connectivity index (χ3n) is 2.49. The van der Waals surface area contributed by atoms with Gasteiger partial charge in [-0.05, 0) is 12.1 Å². The number of hydrogen-bond acceptors (Lipinski definition) is 3. The standard InChI is InChI=1S/C10H9N3O/c14-7-1-2-8-9(5-7)12-6-13-4-3-11-10(8)13/h1-2,5-6,11H,3-4H2. The quantitative estimate of drug-likeness (QED) is 0.662. The topological polar surface area (TPSA) is 46.9 Å². The molecule has 0 amide bonds. The van der Waals surface area contributed by atoms with Gasteiger partial charge >= 0.3 is 0 Å². The van der Waals surface area contributed by atoms with Crippen LogP contribution in [0, 0.1) is 0 Å². The molecule has 3 rings (SSSR count). The van der Waals surface area contributed by atoms with E-state index < -0.39 is 0 Å². The first kappa shape index (κ1) is 7.55. The normalized spacial score (nSPS) is 14.0. The summed E-state index contributed by atoms with van der Waals surface area (Å²) >= 11 is 0. The third-order valence-corrected chi connectivity index (χ3v) is 2.49. The van der Waals surface area contributed by atoms with Gasteiger partial charge in [-0.1, -0.05) is 0 Å². The van der Waals surface area contributed by atoms with Gasteiger partial charge in [0.1, 0.15) is 5.82 Å². The Balaban J connectivity index is 2.38. The van der Waals surface area contributed by atoms with Gasteiger partial charge in [-0.15, -0.1) is 0 Å². The Kier molecular flexibility index (Phi) is 1.39. The molecule has 0 aromatic rings. The van der Waals surface area contributed by atoms with Crippen molar-refractivity contribution in [1.82, 2.24) is 9.55 Å². The second-order valence-corrected chi connectivity index (χ2v) is 3.39. The fourth-order valence-electron chi connectivity index (χ4n) is 1.82. The van der Waals surface area contributed by atoms with Gasteiger partial charge in [0, 0.05) is 24.7 Å². The summed E-state index contributed by atoms with van der Waals surface area (Å²) in [6, 6.07) is 4.97. The number of nitrogens with one attached hydrogen (secondary N) is 1. The van der Waals surface area contributed by atoms with Crippen molar-refractivity contribution < 1.29 is 0 Å². The number of aromatic nitrogens is 2. The van der Waals surface area contributed by atoms with Crippen LogP contribution < -0.4 is 10.7 Å². The van der Waals surface area contributed by atoms with Crippen LogP contribution in [0.3, 0.4) is 0 Å². The summed E-state index contributed by atoms with van der Waals surface area (Å²) in [7, 11) is 0. The largest absolute Gasteiger partial charge is 0.369 e. The Hall–Kier alpha value is -1.84. The number of rotatable bonds is 0. The van der Waals surface area contributed by atoms with E-state index in [2.05, 4.69) is 14.9 Å². The molecule has 0 spiro atoms. The molecule has 0 bridgehead atoms. The highest BCUT2D eigenvalue weighted by Gasteiger charge is 2.16. The number of hydrogen-bond donors (Lipinski definition) is 1. The maximum Gasteiger partial charge on any atom is 0.180 e. The molecular formula is C10H9N3O. The van der Waals surface area contributed by atoms with E-state index in [1.165, 1.54) is 0 Å². The minimum Gasteiger partial charge on any atom is -0.369 e. The zero-order valence-electron chi connectivity index (χ0n) is 7.53. The number of fused-ring (bicyclic) bond motifs is 3. The van der Waals surface area contributed by atoms with Crippen LogP contribution in [0.1, 0.15) is 0 Å².